The molecule has 0 aliphatic carbocycles. The molecular weight excluding hydrogens is 314 g/mol. The zero-order valence-electron chi connectivity index (χ0n) is 12.5. The third kappa shape index (κ3) is 2.84. The monoisotopic (exact) mass is 331 g/mol. The summed E-state index contributed by atoms with van der Waals surface area (Å²) in [4.78, 5) is 19.0. The number of nitrogens with one attached hydrogen (secondary N) is 1. The summed E-state index contributed by atoms with van der Waals surface area (Å²) >= 11 is 1.60. The van der Waals surface area contributed by atoms with E-state index in [9.17, 15) is 4.79 Å². The van der Waals surface area contributed by atoms with Crippen LogP contribution < -0.4 is 14.8 Å². The van der Waals surface area contributed by atoms with Crippen LogP contribution in [-0.2, 0) is 0 Å². The minimum absolute atomic E-state index is 0.0674. The van der Waals surface area contributed by atoms with Gasteiger partial charge in [0.2, 0.25) is 6.79 Å². The molecule has 0 unspecified atom stereocenters. The Morgan fingerprint density at radius 2 is 2.22 bits per heavy atom. The van der Waals surface area contributed by atoms with Gasteiger partial charge < -0.3 is 19.7 Å². The average Bonchev–Trinajstić information content (AvgIpc) is 3.26. The molecule has 23 heavy (non-hydrogen) atoms. The normalized spacial score (nSPS) is 19.7. The molecule has 0 bridgehead atoms. The fourth-order valence-corrected chi connectivity index (χ4v) is 3.79. The number of aromatic nitrogens is 1. The first-order chi connectivity index (χ1) is 11.3. The number of urea groups is 1. The molecule has 120 valence electrons. The van der Waals surface area contributed by atoms with Crippen molar-refractivity contribution in [2.45, 2.75) is 25.3 Å². The summed E-state index contributed by atoms with van der Waals surface area (Å²) < 4.78 is 10.6. The van der Waals surface area contributed by atoms with Crippen molar-refractivity contribution in [3.05, 3.63) is 34.8 Å². The van der Waals surface area contributed by atoms with Gasteiger partial charge in [-0.3, -0.25) is 0 Å². The van der Waals surface area contributed by atoms with Gasteiger partial charge in [0.15, 0.2) is 11.5 Å². The van der Waals surface area contributed by atoms with E-state index < -0.39 is 0 Å². The SMILES string of the molecule is O=C(Nc1ccc2c(c1)OCO2)N1CCCC[C@@H]1c1nccs1. The highest BCUT2D eigenvalue weighted by Gasteiger charge is 2.29. The molecule has 2 aromatic rings. The second-order valence-corrected chi connectivity index (χ2v) is 6.50. The van der Waals surface area contributed by atoms with Crippen molar-refractivity contribution >= 4 is 23.1 Å². The lowest BCUT2D eigenvalue weighted by atomic mass is 10.0. The molecule has 6 nitrogen and oxygen atoms in total. The molecule has 1 saturated heterocycles. The van der Waals surface area contributed by atoms with Crippen LogP contribution in [0.2, 0.25) is 0 Å². The van der Waals surface area contributed by atoms with E-state index in [1.165, 1.54) is 0 Å². The summed E-state index contributed by atoms with van der Waals surface area (Å²) in [6, 6.07) is 5.41. The van der Waals surface area contributed by atoms with Crippen LogP contribution in [0.15, 0.2) is 29.8 Å². The van der Waals surface area contributed by atoms with Gasteiger partial charge in [-0.2, -0.15) is 0 Å². The standard InChI is InChI=1S/C16H17N3O3S/c20-16(18-11-4-5-13-14(9-11)22-10-21-13)19-7-2-1-3-12(19)15-17-6-8-23-15/h4-6,8-9,12H,1-3,7,10H2,(H,18,20)/t12-/m1/s1. The first kappa shape index (κ1) is 14.3. The third-order valence-electron chi connectivity index (χ3n) is 4.12. The smallest absolute Gasteiger partial charge is 0.322 e. The molecule has 1 N–H and O–H groups in total. The summed E-state index contributed by atoms with van der Waals surface area (Å²) in [7, 11) is 0. The molecular formula is C16H17N3O3S. The number of hydrogen-bond donors (Lipinski definition) is 1. The molecule has 1 aromatic carbocycles. The highest BCUT2D eigenvalue weighted by atomic mass is 32.1. The Morgan fingerprint density at radius 3 is 3.09 bits per heavy atom. The van der Waals surface area contributed by atoms with Crippen molar-refractivity contribution in [1.82, 2.24) is 9.88 Å². The average molecular weight is 331 g/mol. The summed E-state index contributed by atoms with van der Waals surface area (Å²) in [5, 5.41) is 5.92. The number of benzene rings is 1. The van der Waals surface area contributed by atoms with Crippen molar-refractivity contribution in [3.8, 4) is 11.5 Å². The number of piperidine rings is 1. The van der Waals surface area contributed by atoms with Gasteiger partial charge in [0.1, 0.15) is 5.01 Å². The van der Waals surface area contributed by atoms with Crippen molar-refractivity contribution < 1.29 is 14.3 Å². The minimum atomic E-state index is -0.0937. The van der Waals surface area contributed by atoms with Gasteiger partial charge >= 0.3 is 6.03 Å². The molecule has 3 heterocycles. The summed E-state index contributed by atoms with van der Waals surface area (Å²) in [6.45, 7) is 0.978. The molecule has 1 atom stereocenters. The largest absolute Gasteiger partial charge is 0.454 e. The second-order valence-electron chi connectivity index (χ2n) is 5.57. The van der Waals surface area contributed by atoms with E-state index in [0.29, 0.717) is 17.2 Å². The molecule has 2 amide bonds. The van der Waals surface area contributed by atoms with Crippen molar-refractivity contribution in [1.29, 1.82) is 0 Å². The van der Waals surface area contributed by atoms with Crippen LogP contribution in [0.5, 0.6) is 11.5 Å². The molecule has 1 aromatic heterocycles. The number of likely N-dealkylation sites (tertiary alicyclic amines) is 1. The van der Waals surface area contributed by atoms with E-state index in [2.05, 4.69) is 10.3 Å². The zero-order valence-corrected chi connectivity index (χ0v) is 13.3. The lowest BCUT2D eigenvalue weighted by Crippen LogP contribution is -2.41. The van der Waals surface area contributed by atoms with Crippen LogP contribution in [0.4, 0.5) is 10.5 Å². The zero-order chi connectivity index (χ0) is 15.6. The highest BCUT2D eigenvalue weighted by Crippen LogP contribution is 2.35. The van der Waals surface area contributed by atoms with E-state index in [1.807, 2.05) is 22.4 Å². The van der Waals surface area contributed by atoms with E-state index in [0.717, 1.165) is 30.8 Å². The van der Waals surface area contributed by atoms with Gasteiger partial charge in [0, 0.05) is 29.9 Å². The van der Waals surface area contributed by atoms with Crippen LogP contribution in [0.3, 0.4) is 0 Å². The predicted octanol–water partition coefficient (Wildman–Crippen LogP) is 3.63. The van der Waals surface area contributed by atoms with Crippen LogP contribution in [0.1, 0.15) is 30.3 Å². The number of nitrogens with zero attached hydrogens (tertiary/aromatic N) is 2. The Morgan fingerprint density at radius 1 is 1.30 bits per heavy atom. The quantitative estimate of drug-likeness (QED) is 0.913. The number of anilines is 1. The maximum atomic E-state index is 12.7. The van der Waals surface area contributed by atoms with E-state index in [4.69, 9.17) is 9.47 Å². The molecule has 0 radical (unpaired) electrons. The molecule has 2 aliphatic rings. The topological polar surface area (TPSA) is 63.7 Å². The Bertz CT molecular complexity index is 705. The van der Waals surface area contributed by atoms with Gasteiger partial charge in [-0.25, -0.2) is 9.78 Å². The van der Waals surface area contributed by atoms with Crippen molar-refractivity contribution in [2.24, 2.45) is 0 Å². The van der Waals surface area contributed by atoms with Crippen LogP contribution in [-0.4, -0.2) is 29.3 Å². The van der Waals surface area contributed by atoms with Crippen LogP contribution in [0, 0.1) is 0 Å². The number of hydrogen-bond acceptors (Lipinski definition) is 5. The molecule has 7 heteroatoms. The van der Waals surface area contributed by atoms with Gasteiger partial charge in [-0.1, -0.05) is 0 Å². The lowest BCUT2D eigenvalue weighted by molar-refractivity contribution is 0.163. The first-order valence-electron chi connectivity index (χ1n) is 7.68. The number of amides is 2. The van der Waals surface area contributed by atoms with Crippen molar-refractivity contribution in [2.75, 3.05) is 18.7 Å². The number of rotatable bonds is 2. The number of fused-ring (bicyclic) bond motifs is 1. The molecule has 1 fully saturated rings. The maximum Gasteiger partial charge on any atom is 0.322 e. The Hall–Kier alpha value is -2.28. The molecule has 2 aliphatic heterocycles. The van der Waals surface area contributed by atoms with Crippen LogP contribution >= 0.6 is 11.3 Å². The first-order valence-corrected chi connectivity index (χ1v) is 8.56. The number of thiazole rings is 1. The van der Waals surface area contributed by atoms with Gasteiger partial charge in [0.25, 0.3) is 0 Å². The Labute approximate surface area is 138 Å². The van der Waals surface area contributed by atoms with Gasteiger partial charge in [0.05, 0.1) is 6.04 Å². The fourth-order valence-electron chi connectivity index (χ4n) is 3.00. The lowest BCUT2D eigenvalue weighted by Gasteiger charge is -2.34. The molecule has 4 rings (SSSR count). The number of carbonyl (C=O) groups excluding carboxylic acids is 1. The van der Waals surface area contributed by atoms with Crippen molar-refractivity contribution in [3.63, 3.8) is 0 Å². The summed E-state index contributed by atoms with van der Waals surface area (Å²) in [5.74, 6) is 1.37. The van der Waals surface area contributed by atoms with E-state index in [1.54, 1.807) is 23.6 Å². The summed E-state index contributed by atoms with van der Waals surface area (Å²) in [6.07, 6.45) is 4.90. The number of ether oxygens (including phenoxy) is 2. The summed E-state index contributed by atoms with van der Waals surface area (Å²) in [5.41, 5.74) is 0.711. The van der Waals surface area contributed by atoms with Crippen LogP contribution in [0.25, 0.3) is 0 Å². The Balaban J connectivity index is 1.51. The Kier molecular flexibility index (Phi) is 3.78. The number of carbonyl (C=O) groups is 1. The predicted molar refractivity (Wildman–Crippen MR) is 87.0 cm³/mol. The van der Waals surface area contributed by atoms with Gasteiger partial charge in [-0.15, -0.1) is 11.3 Å². The molecule has 0 spiro atoms. The third-order valence-corrected chi connectivity index (χ3v) is 5.00. The van der Waals surface area contributed by atoms with E-state index >= 15 is 0 Å². The van der Waals surface area contributed by atoms with Gasteiger partial charge in [-0.05, 0) is 31.4 Å². The highest BCUT2D eigenvalue weighted by molar-refractivity contribution is 7.09. The maximum absolute atomic E-state index is 12.7. The second kappa shape index (κ2) is 6.08. The molecule has 0 saturated carbocycles. The fraction of sp³-hybridized carbons (Fsp3) is 0.375. The van der Waals surface area contributed by atoms with E-state index in [-0.39, 0.29) is 18.9 Å². The minimum Gasteiger partial charge on any atom is -0.454 e.